The van der Waals surface area contributed by atoms with Crippen LogP contribution in [0.3, 0.4) is 0 Å². The quantitative estimate of drug-likeness (QED) is 0.667. The zero-order valence-corrected chi connectivity index (χ0v) is 13.1. The summed E-state index contributed by atoms with van der Waals surface area (Å²) in [6.07, 6.45) is 0.512. The van der Waals surface area contributed by atoms with E-state index in [-0.39, 0.29) is 11.6 Å². The molecule has 2 atom stereocenters. The van der Waals surface area contributed by atoms with Crippen LogP contribution in [0.4, 0.5) is 18.9 Å². The first-order chi connectivity index (χ1) is 11.3. The molecule has 1 aromatic rings. The van der Waals surface area contributed by atoms with Crippen molar-refractivity contribution >= 4 is 17.6 Å². The van der Waals surface area contributed by atoms with Crippen LogP contribution >= 0.6 is 0 Å². The van der Waals surface area contributed by atoms with Crippen LogP contribution in [0.25, 0.3) is 0 Å². The summed E-state index contributed by atoms with van der Waals surface area (Å²) in [6.45, 7) is 1.43. The number of hydrogen-bond donors (Lipinski definition) is 1. The maximum absolute atomic E-state index is 12.5. The van der Waals surface area contributed by atoms with Crippen molar-refractivity contribution in [2.24, 2.45) is 5.92 Å². The van der Waals surface area contributed by atoms with Gasteiger partial charge in [-0.3, -0.25) is 9.59 Å². The molecule has 7 heteroatoms. The van der Waals surface area contributed by atoms with Gasteiger partial charge in [0, 0.05) is 5.69 Å². The first-order valence-corrected chi connectivity index (χ1v) is 7.61. The Hall–Kier alpha value is -2.31. The van der Waals surface area contributed by atoms with Crippen LogP contribution in [0.1, 0.15) is 31.7 Å². The highest BCUT2D eigenvalue weighted by molar-refractivity contribution is 5.95. The van der Waals surface area contributed by atoms with Gasteiger partial charge in [-0.1, -0.05) is 12.2 Å². The Bertz CT molecular complexity index is 623. The van der Waals surface area contributed by atoms with Crippen molar-refractivity contribution in [1.82, 2.24) is 0 Å². The minimum Gasteiger partial charge on any atom is -0.452 e. The van der Waals surface area contributed by atoms with E-state index in [0.717, 1.165) is 30.7 Å². The van der Waals surface area contributed by atoms with E-state index in [9.17, 15) is 22.8 Å². The number of hydrogen-bond acceptors (Lipinski definition) is 3. The third kappa shape index (κ3) is 4.84. The highest BCUT2D eigenvalue weighted by Gasteiger charge is 2.30. The van der Waals surface area contributed by atoms with Crippen molar-refractivity contribution in [3.05, 3.63) is 42.0 Å². The number of halogens is 3. The molecule has 1 amide bonds. The molecule has 24 heavy (non-hydrogen) atoms. The van der Waals surface area contributed by atoms with Crippen LogP contribution in [0.5, 0.6) is 0 Å². The van der Waals surface area contributed by atoms with E-state index in [1.165, 1.54) is 6.92 Å². The summed E-state index contributed by atoms with van der Waals surface area (Å²) in [5, 5.41) is 2.43. The van der Waals surface area contributed by atoms with E-state index in [0.29, 0.717) is 12.8 Å². The topological polar surface area (TPSA) is 55.4 Å². The summed E-state index contributed by atoms with van der Waals surface area (Å²) in [7, 11) is 0. The summed E-state index contributed by atoms with van der Waals surface area (Å²) in [5.41, 5.74) is -0.596. The molecular formula is C17H18F3NO3. The van der Waals surface area contributed by atoms with Crippen molar-refractivity contribution < 1.29 is 27.5 Å². The number of benzene rings is 1. The molecule has 0 heterocycles. The largest absolute Gasteiger partial charge is 0.452 e. The number of carbonyl (C=O) groups excluding carboxylic acids is 2. The van der Waals surface area contributed by atoms with E-state index in [2.05, 4.69) is 5.32 Å². The fraction of sp³-hybridized carbons (Fsp3) is 0.412. The van der Waals surface area contributed by atoms with Crippen LogP contribution in [0, 0.1) is 5.92 Å². The molecule has 0 fully saturated rings. The minimum atomic E-state index is -4.43. The Morgan fingerprint density at radius 2 is 1.88 bits per heavy atom. The van der Waals surface area contributed by atoms with Gasteiger partial charge in [-0.15, -0.1) is 0 Å². The molecule has 0 radical (unpaired) electrons. The lowest BCUT2D eigenvalue weighted by atomic mass is 9.95. The number of anilines is 1. The number of nitrogens with one attached hydrogen (secondary N) is 1. The first kappa shape index (κ1) is 18.0. The second-order valence-electron chi connectivity index (χ2n) is 5.62. The fourth-order valence-corrected chi connectivity index (χ4v) is 2.32. The molecule has 0 spiro atoms. The molecule has 1 aromatic carbocycles. The average Bonchev–Trinajstić information content (AvgIpc) is 2.55. The second kappa shape index (κ2) is 7.51. The van der Waals surface area contributed by atoms with Crippen LogP contribution in [-0.4, -0.2) is 18.0 Å². The molecule has 1 aliphatic rings. The Labute approximate surface area is 137 Å². The van der Waals surface area contributed by atoms with Gasteiger partial charge in [-0.05, 0) is 50.5 Å². The molecule has 130 valence electrons. The third-order valence-corrected chi connectivity index (χ3v) is 3.74. The van der Waals surface area contributed by atoms with E-state index in [1.807, 2.05) is 12.2 Å². The number of amides is 1. The van der Waals surface area contributed by atoms with Gasteiger partial charge in [0.25, 0.3) is 5.91 Å². The van der Waals surface area contributed by atoms with Crippen molar-refractivity contribution in [3.8, 4) is 0 Å². The molecule has 1 N–H and O–H groups in total. The third-order valence-electron chi connectivity index (χ3n) is 3.74. The molecule has 0 saturated carbocycles. The lowest BCUT2D eigenvalue weighted by molar-refractivity contribution is -0.157. The lowest BCUT2D eigenvalue weighted by Crippen LogP contribution is -2.32. The highest BCUT2D eigenvalue weighted by atomic mass is 19.4. The SMILES string of the molecule is CC(OC(=O)C1CC=CCC1)C(=O)Nc1ccc(C(F)(F)F)cc1. The molecular weight excluding hydrogens is 323 g/mol. The van der Waals surface area contributed by atoms with Crippen LogP contribution < -0.4 is 5.32 Å². The fourth-order valence-electron chi connectivity index (χ4n) is 2.32. The summed E-state index contributed by atoms with van der Waals surface area (Å²) >= 11 is 0. The van der Waals surface area contributed by atoms with Crippen molar-refractivity contribution in [2.45, 2.75) is 38.5 Å². The zero-order valence-electron chi connectivity index (χ0n) is 13.1. The van der Waals surface area contributed by atoms with E-state index >= 15 is 0 Å². The molecule has 2 unspecified atom stereocenters. The van der Waals surface area contributed by atoms with E-state index in [1.54, 1.807) is 0 Å². The molecule has 0 aliphatic heterocycles. The predicted molar refractivity (Wildman–Crippen MR) is 82.1 cm³/mol. The van der Waals surface area contributed by atoms with Crippen molar-refractivity contribution in [2.75, 3.05) is 5.32 Å². The Morgan fingerprint density at radius 3 is 2.42 bits per heavy atom. The number of allylic oxidation sites excluding steroid dienone is 2. The minimum absolute atomic E-state index is 0.205. The van der Waals surface area contributed by atoms with Crippen LogP contribution in [0.2, 0.25) is 0 Å². The normalized spacial score (nSPS) is 18.8. The zero-order chi connectivity index (χ0) is 17.7. The van der Waals surface area contributed by atoms with Gasteiger partial charge in [-0.25, -0.2) is 0 Å². The monoisotopic (exact) mass is 341 g/mol. The number of carbonyl (C=O) groups is 2. The number of rotatable bonds is 4. The number of esters is 1. The maximum Gasteiger partial charge on any atom is 0.416 e. The highest BCUT2D eigenvalue weighted by Crippen LogP contribution is 2.29. The first-order valence-electron chi connectivity index (χ1n) is 7.61. The van der Waals surface area contributed by atoms with Crippen molar-refractivity contribution in [1.29, 1.82) is 0 Å². The smallest absolute Gasteiger partial charge is 0.416 e. The summed E-state index contributed by atoms with van der Waals surface area (Å²) in [4.78, 5) is 23.9. The standard InChI is InChI=1S/C17H18F3NO3/c1-11(24-16(23)12-5-3-2-4-6-12)15(22)21-14-9-7-13(8-10-14)17(18,19)20/h2-3,7-12H,4-6H2,1H3,(H,21,22). The molecule has 4 nitrogen and oxygen atoms in total. The van der Waals surface area contributed by atoms with Gasteiger partial charge in [0.1, 0.15) is 0 Å². The Balaban J connectivity index is 1.89. The summed E-state index contributed by atoms with van der Waals surface area (Å²) in [5.74, 6) is -1.28. The van der Waals surface area contributed by atoms with Gasteiger partial charge in [0.05, 0.1) is 11.5 Å². The second-order valence-corrected chi connectivity index (χ2v) is 5.62. The van der Waals surface area contributed by atoms with Gasteiger partial charge in [-0.2, -0.15) is 13.2 Å². The number of ether oxygens (including phenoxy) is 1. The average molecular weight is 341 g/mol. The van der Waals surface area contributed by atoms with E-state index < -0.39 is 29.7 Å². The van der Waals surface area contributed by atoms with Crippen LogP contribution in [-0.2, 0) is 20.5 Å². The molecule has 0 saturated heterocycles. The molecule has 0 aromatic heterocycles. The van der Waals surface area contributed by atoms with Gasteiger partial charge in [0.2, 0.25) is 0 Å². The molecule has 0 bridgehead atoms. The summed E-state index contributed by atoms with van der Waals surface area (Å²) < 4.78 is 42.6. The van der Waals surface area contributed by atoms with Gasteiger partial charge < -0.3 is 10.1 Å². The Morgan fingerprint density at radius 1 is 1.21 bits per heavy atom. The summed E-state index contributed by atoms with van der Waals surface area (Å²) in [6, 6.07) is 4.06. The van der Waals surface area contributed by atoms with E-state index in [4.69, 9.17) is 4.74 Å². The maximum atomic E-state index is 12.5. The predicted octanol–water partition coefficient (Wildman–Crippen LogP) is 3.93. The van der Waals surface area contributed by atoms with Gasteiger partial charge in [0.15, 0.2) is 6.10 Å². The Kier molecular flexibility index (Phi) is 5.64. The molecule has 2 rings (SSSR count). The van der Waals surface area contributed by atoms with Crippen molar-refractivity contribution in [3.63, 3.8) is 0 Å². The number of alkyl halides is 3. The van der Waals surface area contributed by atoms with Gasteiger partial charge >= 0.3 is 12.1 Å². The molecule has 1 aliphatic carbocycles. The van der Waals surface area contributed by atoms with Crippen LogP contribution in [0.15, 0.2) is 36.4 Å². The lowest BCUT2D eigenvalue weighted by Gasteiger charge is -2.19.